The maximum absolute atomic E-state index is 13.3. The molecule has 5 atom stereocenters. The first-order valence-corrected chi connectivity index (χ1v) is 16.6. The minimum atomic E-state index is -3.74. The average Bonchev–Trinajstić information content (AvgIpc) is 3.19. The summed E-state index contributed by atoms with van der Waals surface area (Å²) in [7, 11) is -0.434. The molecular formula is C28H50N6O9S. The van der Waals surface area contributed by atoms with Crippen molar-refractivity contribution in [3.63, 3.8) is 0 Å². The summed E-state index contributed by atoms with van der Waals surface area (Å²) in [4.78, 5) is 55.4. The van der Waals surface area contributed by atoms with E-state index in [4.69, 9.17) is 9.15 Å². The normalized spacial score (nSPS) is 15.3. The second-order valence-electron chi connectivity index (χ2n) is 12.2. The molecule has 5 N–H and O–H groups in total. The van der Waals surface area contributed by atoms with Gasteiger partial charge < -0.3 is 30.2 Å². The first kappa shape index (κ1) is 38.8. The van der Waals surface area contributed by atoms with Gasteiger partial charge in [0.1, 0.15) is 40.0 Å². The molecule has 15 nitrogen and oxygen atoms in total. The number of carbonyl (C=O) groups is 4. The number of rotatable bonds is 17. The highest BCUT2D eigenvalue weighted by Crippen LogP contribution is 2.17. The number of aliphatic hydroxyl groups is 1. The van der Waals surface area contributed by atoms with Crippen LogP contribution in [-0.2, 0) is 35.6 Å². The number of alkyl carbamates (subject to hydrolysis) is 1. The van der Waals surface area contributed by atoms with Crippen LogP contribution < -0.4 is 21.4 Å². The molecule has 4 amide bonds. The fraction of sp³-hybridized carbons (Fsp3) is 0.750. The highest BCUT2D eigenvalue weighted by Gasteiger charge is 2.33. The molecule has 1 rings (SSSR count). The van der Waals surface area contributed by atoms with Crippen LogP contribution >= 0.6 is 0 Å². The van der Waals surface area contributed by atoms with Crippen molar-refractivity contribution in [1.82, 2.24) is 31.4 Å². The van der Waals surface area contributed by atoms with Crippen LogP contribution in [0, 0.1) is 31.6 Å². The Bertz CT molecular complexity index is 1230. The van der Waals surface area contributed by atoms with E-state index in [0.717, 1.165) is 6.26 Å². The third-order valence-electron chi connectivity index (χ3n) is 6.56. The van der Waals surface area contributed by atoms with E-state index in [-0.39, 0.29) is 30.8 Å². The van der Waals surface area contributed by atoms with Crippen molar-refractivity contribution in [3.8, 4) is 0 Å². The van der Waals surface area contributed by atoms with E-state index in [1.54, 1.807) is 48.7 Å². The molecule has 0 saturated carbocycles. The molecule has 0 aliphatic carbocycles. The van der Waals surface area contributed by atoms with Crippen molar-refractivity contribution in [2.75, 3.05) is 26.1 Å². The van der Waals surface area contributed by atoms with Gasteiger partial charge in [-0.15, -0.1) is 0 Å². The van der Waals surface area contributed by atoms with Crippen molar-refractivity contribution >= 4 is 33.7 Å². The van der Waals surface area contributed by atoms with Gasteiger partial charge in [-0.3, -0.25) is 19.8 Å². The van der Waals surface area contributed by atoms with E-state index in [1.165, 1.54) is 5.01 Å². The van der Waals surface area contributed by atoms with Crippen LogP contribution in [0.3, 0.4) is 0 Å². The molecule has 1 aromatic rings. The van der Waals surface area contributed by atoms with E-state index in [0.29, 0.717) is 23.8 Å². The Morgan fingerprint density at radius 3 is 2.05 bits per heavy atom. The molecule has 0 aromatic carbocycles. The van der Waals surface area contributed by atoms with E-state index in [9.17, 15) is 32.7 Å². The van der Waals surface area contributed by atoms with Crippen LogP contribution in [0.2, 0.25) is 0 Å². The molecule has 0 aliphatic rings. The van der Waals surface area contributed by atoms with Crippen molar-refractivity contribution in [2.24, 2.45) is 17.8 Å². The first-order chi connectivity index (χ1) is 20.2. The molecule has 16 heteroatoms. The molecule has 0 spiro atoms. The molecule has 0 radical (unpaired) electrons. The van der Waals surface area contributed by atoms with Crippen molar-refractivity contribution in [2.45, 2.75) is 92.1 Å². The fourth-order valence-electron chi connectivity index (χ4n) is 4.37. The highest BCUT2D eigenvalue weighted by molar-refractivity contribution is 7.90. The van der Waals surface area contributed by atoms with Crippen molar-refractivity contribution in [1.29, 1.82) is 0 Å². The SMILES string of the molecule is Cc1nc(COC(=O)N[C@@H](CS(C)(=O)=O)C(=O)N[C@@H](CC(C)C)[C@@H](O)C[C@@H](C)C(=O)N[C@H](C(=O)NN(C)C)C(C)C)c(C)o1. The van der Waals surface area contributed by atoms with Crippen LogP contribution in [-0.4, -0.2) is 97.7 Å². The molecule has 0 fully saturated rings. The van der Waals surface area contributed by atoms with Crippen LogP contribution in [0.15, 0.2) is 4.42 Å². The number of carbonyl (C=O) groups excluding carboxylic acids is 4. The number of amides is 4. The number of hydrogen-bond acceptors (Lipinski definition) is 11. The number of sulfone groups is 1. The Hall–Kier alpha value is -3.24. The topological polar surface area (TPSA) is 209 Å². The zero-order chi connectivity index (χ0) is 33.9. The minimum Gasteiger partial charge on any atom is -0.446 e. The maximum atomic E-state index is 13.3. The van der Waals surface area contributed by atoms with E-state index in [2.05, 4.69) is 26.4 Å². The molecule has 0 saturated heterocycles. The van der Waals surface area contributed by atoms with Crippen LogP contribution in [0.25, 0.3) is 0 Å². The summed E-state index contributed by atoms with van der Waals surface area (Å²) in [5.41, 5.74) is 3.00. The number of hydrazine groups is 1. The molecular weight excluding hydrogens is 596 g/mol. The molecule has 0 unspecified atom stereocenters. The van der Waals surface area contributed by atoms with Gasteiger partial charge >= 0.3 is 6.09 Å². The third-order valence-corrected chi connectivity index (χ3v) is 7.50. The molecule has 0 bridgehead atoms. The van der Waals surface area contributed by atoms with Gasteiger partial charge in [-0.2, -0.15) is 0 Å². The summed E-state index contributed by atoms with van der Waals surface area (Å²) in [6.07, 6.45) is -1.10. The highest BCUT2D eigenvalue weighted by atomic mass is 32.2. The quantitative estimate of drug-likeness (QED) is 0.148. The van der Waals surface area contributed by atoms with Gasteiger partial charge in [-0.05, 0) is 31.6 Å². The Balaban J connectivity index is 2.99. The van der Waals surface area contributed by atoms with Crippen molar-refractivity contribution < 1.29 is 41.9 Å². The smallest absolute Gasteiger partial charge is 0.408 e. The lowest BCUT2D eigenvalue weighted by molar-refractivity contribution is -0.134. The average molecular weight is 647 g/mol. The van der Waals surface area contributed by atoms with E-state index < -0.39 is 63.6 Å². The lowest BCUT2D eigenvalue weighted by Crippen LogP contribution is -2.56. The molecule has 1 heterocycles. The predicted molar refractivity (Wildman–Crippen MR) is 163 cm³/mol. The van der Waals surface area contributed by atoms with Gasteiger partial charge in [-0.25, -0.2) is 23.2 Å². The van der Waals surface area contributed by atoms with Crippen LogP contribution in [0.4, 0.5) is 4.79 Å². The van der Waals surface area contributed by atoms with Gasteiger partial charge in [0.05, 0.1) is 17.9 Å². The number of nitrogens with one attached hydrogen (secondary N) is 4. The summed E-state index contributed by atoms with van der Waals surface area (Å²) in [6.45, 7) is 11.9. The number of nitrogens with zero attached hydrogens (tertiary/aromatic N) is 2. The Morgan fingerprint density at radius 2 is 1.57 bits per heavy atom. The number of oxazole rings is 1. The summed E-state index contributed by atoms with van der Waals surface area (Å²) >= 11 is 0. The van der Waals surface area contributed by atoms with Gasteiger partial charge in [0.2, 0.25) is 11.8 Å². The second kappa shape index (κ2) is 17.3. The maximum Gasteiger partial charge on any atom is 0.408 e. The summed E-state index contributed by atoms with van der Waals surface area (Å²) in [6, 6.07) is -3.21. The number of aromatic nitrogens is 1. The number of aryl methyl sites for hydroxylation is 2. The zero-order valence-electron chi connectivity index (χ0n) is 27.4. The monoisotopic (exact) mass is 646 g/mol. The van der Waals surface area contributed by atoms with Crippen LogP contribution in [0.1, 0.15) is 64.8 Å². The standard InChI is InChI=1S/C28H50N6O9S/c1-15(2)11-20(23(35)12-17(5)25(36)32-24(16(3)4)27(38)33-34(8)9)30-26(37)22(14-44(10,40)41)31-28(39)42-13-21-18(6)43-19(7)29-21/h15-17,20,22-24,35H,11-14H2,1-10H3,(H,30,37)(H,31,39)(H,32,36)(H,33,38)/t17-,20+,22+,23+,24+/m1/s1. The lowest BCUT2D eigenvalue weighted by Gasteiger charge is -2.30. The molecule has 252 valence electrons. The zero-order valence-corrected chi connectivity index (χ0v) is 28.2. The molecule has 0 aliphatic heterocycles. The van der Waals surface area contributed by atoms with Gasteiger partial charge in [-0.1, -0.05) is 34.6 Å². The number of aliphatic hydroxyl groups excluding tert-OH is 1. The largest absolute Gasteiger partial charge is 0.446 e. The van der Waals surface area contributed by atoms with E-state index >= 15 is 0 Å². The Labute approximate surface area is 260 Å². The second-order valence-corrected chi connectivity index (χ2v) is 14.3. The lowest BCUT2D eigenvalue weighted by atomic mass is 9.92. The number of hydrogen-bond donors (Lipinski definition) is 5. The van der Waals surface area contributed by atoms with Crippen LogP contribution in [0.5, 0.6) is 0 Å². The Kier molecular flexibility index (Phi) is 15.2. The first-order valence-electron chi connectivity index (χ1n) is 14.5. The summed E-state index contributed by atoms with van der Waals surface area (Å²) in [5, 5.41) is 20.2. The fourth-order valence-corrected chi connectivity index (χ4v) is 5.21. The van der Waals surface area contributed by atoms with Gasteiger partial charge in [0.15, 0.2) is 5.89 Å². The minimum absolute atomic E-state index is 0.000396. The van der Waals surface area contributed by atoms with Gasteiger partial charge in [0, 0.05) is 33.2 Å². The third kappa shape index (κ3) is 14.0. The van der Waals surface area contributed by atoms with Crippen molar-refractivity contribution in [3.05, 3.63) is 17.3 Å². The van der Waals surface area contributed by atoms with E-state index in [1.807, 2.05) is 13.8 Å². The molecule has 44 heavy (non-hydrogen) atoms. The Morgan fingerprint density at radius 1 is 0.955 bits per heavy atom. The summed E-state index contributed by atoms with van der Waals surface area (Å²) in [5.74, 6) is -2.52. The predicted octanol–water partition coefficient (Wildman–Crippen LogP) is 0.582. The van der Waals surface area contributed by atoms with Gasteiger partial charge in [0.25, 0.3) is 5.91 Å². The molecule has 1 aromatic heterocycles. The number of ether oxygens (including phenoxy) is 1. The summed E-state index contributed by atoms with van der Waals surface area (Å²) < 4.78 is 34.6.